The highest BCUT2D eigenvalue weighted by molar-refractivity contribution is 9.10. The lowest BCUT2D eigenvalue weighted by atomic mass is 10.2. The Labute approximate surface area is 138 Å². The summed E-state index contributed by atoms with van der Waals surface area (Å²) < 4.78 is 0.943. The van der Waals surface area contributed by atoms with Crippen LogP contribution in [0.1, 0.15) is 24.2 Å². The number of hydrogen-bond acceptors (Lipinski definition) is 4. The van der Waals surface area contributed by atoms with Crippen molar-refractivity contribution in [2.45, 2.75) is 26.7 Å². The summed E-state index contributed by atoms with van der Waals surface area (Å²) in [5.74, 6) is 0.617. The van der Waals surface area contributed by atoms with Crippen molar-refractivity contribution in [2.75, 3.05) is 17.2 Å². The van der Waals surface area contributed by atoms with Crippen LogP contribution in [-0.4, -0.2) is 22.4 Å². The minimum atomic E-state index is 0.00115. The number of hydrogen-bond donors (Lipinski definition) is 2. The van der Waals surface area contributed by atoms with Gasteiger partial charge in [-0.15, -0.1) is 0 Å². The molecule has 0 aliphatic rings. The number of benzene rings is 1. The average Bonchev–Trinajstić information content (AvgIpc) is 2.42. The fourth-order valence-electron chi connectivity index (χ4n) is 2.04. The van der Waals surface area contributed by atoms with Gasteiger partial charge in [0.1, 0.15) is 0 Å². The molecule has 116 valence electrons. The maximum atomic E-state index is 11.9. The zero-order chi connectivity index (χ0) is 15.9. The van der Waals surface area contributed by atoms with Gasteiger partial charge in [0.2, 0.25) is 11.9 Å². The molecule has 0 saturated carbocycles. The third-order valence-electron chi connectivity index (χ3n) is 2.95. The smallest absolute Gasteiger partial charge is 0.224 e. The normalized spacial score (nSPS) is 10.3. The molecule has 1 heterocycles. The molecule has 0 aliphatic heterocycles. The number of nitrogens with zero attached hydrogens (tertiary/aromatic N) is 2. The minimum Gasteiger partial charge on any atom is -0.354 e. The molecule has 0 fully saturated rings. The number of rotatable bonds is 6. The number of aromatic nitrogens is 2. The average molecular weight is 363 g/mol. The predicted octanol–water partition coefficient (Wildman–Crippen LogP) is 3.69. The Morgan fingerprint density at radius 3 is 2.59 bits per heavy atom. The van der Waals surface area contributed by atoms with Crippen LogP contribution in [0, 0.1) is 13.8 Å². The molecule has 1 amide bonds. The van der Waals surface area contributed by atoms with Crippen LogP contribution >= 0.6 is 15.9 Å². The summed E-state index contributed by atoms with van der Waals surface area (Å²) in [4.78, 5) is 20.5. The molecule has 6 heteroatoms. The molecule has 2 rings (SSSR count). The van der Waals surface area contributed by atoms with Crippen molar-refractivity contribution in [2.24, 2.45) is 0 Å². The van der Waals surface area contributed by atoms with Gasteiger partial charge in [0, 0.05) is 34.5 Å². The molecule has 1 aromatic carbocycles. The van der Waals surface area contributed by atoms with Gasteiger partial charge in [0.25, 0.3) is 0 Å². The van der Waals surface area contributed by atoms with Crippen LogP contribution in [0.4, 0.5) is 11.6 Å². The summed E-state index contributed by atoms with van der Waals surface area (Å²) in [6.45, 7) is 4.53. The number of carbonyl (C=O) groups excluding carboxylic acids is 1. The lowest BCUT2D eigenvalue weighted by molar-refractivity contribution is -0.116. The Morgan fingerprint density at radius 2 is 1.91 bits per heavy atom. The van der Waals surface area contributed by atoms with E-state index < -0.39 is 0 Å². The van der Waals surface area contributed by atoms with Gasteiger partial charge in [-0.2, -0.15) is 0 Å². The van der Waals surface area contributed by atoms with Crippen LogP contribution in [0.15, 0.2) is 34.8 Å². The molecule has 2 aromatic rings. The van der Waals surface area contributed by atoms with Crippen LogP contribution in [-0.2, 0) is 4.79 Å². The van der Waals surface area contributed by atoms with E-state index in [2.05, 4.69) is 36.5 Å². The van der Waals surface area contributed by atoms with E-state index in [-0.39, 0.29) is 5.91 Å². The van der Waals surface area contributed by atoms with Gasteiger partial charge in [0.15, 0.2) is 0 Å². The van der Waals surface area contributed by atoms with Crippen LogP contribution in [0.3, 0.4) is 0 Å². The van der Waals surface area contributed by atoms with Crippen LogP contribution < -0.4 is 10.6 Å². The van der Waals surface area contributed by atoms with E-state index in [0.717, 1.165) is 28.0 Å². The first-order chi connectivity index (χ1) is 10.5. The topological polar surface area (TPSA) is 66.9 Å². The van der Waals surface area contributed by atoms with Gasteiger partial charge in [0.05, 0.1) is 0 Å². The lowest BCUT2D eigenvalue weighted by Gasteiger charge is -2.07. The zero-order valence-electron chi connectivity index (χ0n) is 12.7. The minimum absolute atomic E-state index is 0.00115. The fourth-order valence-corrected chi connectivity index (χ4v) is 2.44. The number of nitrogens with one attached hydrogen (secondary N) is 2. The second-order valence-corrected chi connectivity index (χ2v) is 5.98. The van der Waals surface area contributed by atoms with Crippen molar-refractivity contribution < 1.29 is 4.79 Å². The molecule has 0 aliphatic carbocycles. The van der Waals surface area contributed by atoms with Gasteiger partial charge in [-0.05, 0) is 44.5 Å². The molecule has 22 heavy (non-hydrogen) atoms. The quantitative estimate of drug-likeness (QED) is 0.769. The maximum absolute atomic E-state index is 11.9. The van der Waals surface area contributed by atoms with E-state index >= 15 is 0 Å². The number of aryl methyl sites for hydroxylation is 2. The van der Waals surface area contributed by atoms with Crippen molar-refractivity contribution in [3.8, 4) is 0 Å². The first-order valence-corrected chi connectivity index (χ1v) is 7.94. The van der Waals surface area contributed by atoms with Crippen molar-refractivity contribution in [3.63, 3.8) is 0 Å². The molecule has 2 N–H and O–H groups in total. The van der Waals surface area contributed by atoms with Crippen molar-refractivity contribution in [1.29, 1.82) is 0 Å². The van der Waals surface area contributed by atoms with E-state index in [1.807, 2.05) is 44.2 Å². The summed E-state index contributed by atoms with van der Waals surface area (Å²) in [5, 5.41) is 6.02. The van der Waals surface area contributed by atoms with Gasteiger partial charge in [-0.3, -0.25) is 4.79 Å². The molecule has 0 bridgehead atoms. The molecular weight excluding hydrogens is 344 g/mol. The van der Waals surface area contributed by atoms with Gasteiger partial charge in [-0.25, -0.2) is 9.97 Å². The van der Waals surface area contributed by atoms with Crippen LogP contribution in [0.25, 0.3) is 0 Å². The molecule has 0 spiro atoms. The van der Waals surface area contributed by atoms with Gasteiger partial charge in [-0.1, -0.05) is 22.0 Å². The maximum Gasteiger partial charge on any atom is 0.224 e. The summed E-state index contributed by atoms with van der Waals surface area (Å²) >= 11 is 3.38. The third-order valence-corrected chi connectivity index (χ3v) is 3.45. The highest BCUT2D eigenvalue weighted by Gasteiger charge is 2.03. The van der Waals surface area contributed by atoms with E-state index in [1.165, 1.54) is 0 Å². The van der Waals surface area contributed by atoms with Gasteiger partial charge >= 0.3 is 0 Å². The first kappa shape index (κ1) is 16.4. The number of halogens is 1. The molecule has 1 aromatic heterocycles. The summed E-state index contributed by atoms with van der Waals surface area (Å²) in [7, 11) is 0. The molecule has 5 nitrogen and oxygen atoms in total. The Bertz CT molecular complexity index is 640. The van der Waals surface area contributed by atoms with E-state index in [1.54, 1.807) is 0 Å². The standard InChI is InChI=1S/C16H19BrN4O/c1-11-9-12(2)20-16(19-11)18-8-4-7-15(22)21-14-6-3-5-13(17)10-14/h3,5-6,9-10H,4,7-8H2,1-2H3,(H,21,22)(H,18,19,20). The Morgan fingerprint density at radius 1 is 1.18 bits per heavy atom. The largest absolute Gasteiger partial charge is 0.354 e. The third kappa shape index (κ3) is 5.44. The van der Waals surface area contributed by atoms with Crippen molar-refractivity contribution in [1.82, 2.24) is 9.97 Å². The SMILES string of the molecule is Cc1cc(C)nc(NCCCC(=O)Nc2cccc(Br)c2)n1. The number of carbonyl (C=O) groups is 1. The second-order valence-electron chi connectivity index (χ2n) is 5.06. The first-order valence-electron chi connectivity index (χ1n) is 7.14. The van der Waals surface area contributed by atoms with E-state index in [9.17, 15) is 4.79 Å². The van der Waals surface area contributed by atoms with Gasteiger partial charge < -0.3 is 10.6 Å². The highest BCUT2D eigenvalue weighted by Crippen LogP contribution is 2.15. The summed E-state index contributed by atoms with van der Waals surface area (Å²) in [5.41, 5.74) is 2.66. The van der Waals surface area contributed by atoms with E-state index in [4.69, 9.17) is 0 Å². The van der Waals surface area contributed by atoms with Crippen LogP contribution in [0.2, 0.25) is 0 Å². The molecule has 0 saturated heterocycles. The van der Waals surface area contributed by atoms with Crippen LogP contribution in [0.5, 0.6) is 0 Å². The van der Waals surface area contributed by atoms with Crippen molar-refractivity contribution in [3.05, 3.63) is 46.2 Å². The fraction of sp³-hybridized carbons (Fsp3) is 0.312. The summed E-state index contributed by atoms with van der Waals surface area (Å²) in [6, 6.07) is 9.47. The van der Waals surface area contributed by atoms with Crippen molar-refractivity contribution >= 4 is 33.5 Å². The molecule has 0 unspecified atom stereocenters. The zero-order valence-corrected chi connectivity index (χ0v) is 14.3. The lowest BCUT2D eigenvalue weighted by Crippen LogP contribution is -2.14. The number of amides is 1. The Kier molecular flexibility index (Phi) is 5.89. The summed E-state index contributed by atoms with van der Waals surface area (Å²) in [6.07, 6.45) is 1.17. The molecule has 0 radical (unpaired) electrons. The molecule has 0 atom stereocenters. The Hall–Kier alpha value is -1.95. The predicted molar refractivity (Wildman–Crippen MR) is 92.0 cm³/mol. The second kappa shape index (κ2) is 7.89. The monoisotopic (exact) mass is 362 g/mol. The van der Waals surface area contributed by atoms with E-state index in [0.29, 0.717) is 18.9 Å². The number of anilines is 2. The molecular formula is C16H19BrN4O. The highest BCUT2D eigenvalue weighted by atomic mass is 79.9. The Balaban J connectivity index is 1.73.